The predicted molar refractivity (Wildman–Crippen MR) is 125 cm³/mol. The molecular weight excluding hydrogens is 422 g/mol. The molecule has 5 nitrogen and oxygen atoms in total. The summed E-state index contributed by atoms with van der Waals surface area (Å²) in [6.45, 7) is 4.11. The van der Waals surface area contributed by atoms with Crippen molar-refractivity contribution in [3.8, 4) is 5.75 Å². The second kappa shape index (κ2) is 9.24. The molecule has 4 rings (SSSR count). The van der Waals surface area contributed by atoms with Crippen LogP contribution >= 0.6 is 11.8 Å². The number of nitrogens with zero attached hydrogens (tertiary/aromatic N) is 1. The van der Waals surface area contributed by atoms with E-state index < -0.39 is 5.97 Å². The Morgan fingerprint density at radius 2 is 1.62 bits per heavy atom. The van der Waals surface area contributed by atoms with Gasteiger partial charge in [0.15, 0.2) is 0 Å². The molecule has 0 radical (unpaired) electrons. The van der Waals surface area contributed by atoms with Gasteiger partial charge in [-0.15, -0.1) is 0 Å². The number of amides is 2. The van der Waals surface area contributed by atoms with Gasteiger partial charge in [0.25, 0.3) is 11.1 Å². The third kappa shape index (κ3) is 4.65. The first-order chi connectivity index (χ1) is 15.4. The summed E-state index contributed by atoms with van der Waals surface area (Å²) in [7, 11) is 0. The summed E-state index contributed by atoms with van der Waals surface area (Å²) in [5, 5.41) is -0.321. The number of hydrogen-bond donors (Lipinski definition) is 0. The van der Waals surface area contributed by atoms with Gasteiger partial charge in [-0.1, -0.05) is 60.2 Å². The third-order valence-electron chi connectivity index (χ3n) is 5.16. The molecule has 1 saturated heterocycles. The van der Waals surface area contributed by atoms with Crippen molar-refractivity contribution >= 4 is 35.0 Å². The minimum atomic E-state index is -0.487. The second-order valence-corrected chi connectivity index (χ2v) is 8.48. The van der Waals surface area contributed by atoms with E-state index in [9.17, 15) is 14.4 Å². The van der Waals surface area contributed by atoms with E-state index in [2.05, 4.69) is 0 Å². The van der Waals surface area contributed by atoms with Gasteiger partial charge >= 0.3 is 5.97 Å². The van der Waals surface area contributed by atoms with Crippen LogP contribution in [0.4, 0.5) is 4.79 Å². The first-order valence-corrected chi connectivity index (χ1v) is 10.9. The number of thioether (sulfide) groups is 1. The molecule has 0 atom stereocenters. The SMILES string of the molecule is Cc1ccc(C(=O)Oc2ccccc2/C=C2\SC(=O)N(Cc3ccccc3C)C2=O)cc1. The Morgan fingerprint density at radius 1 is 0.938 bits per heavy atom. The van der Waals surface area contributed by atoms with Crippen LogP contribution in [0.2, 0.25) is 0 Å². The van der Waals surface area contributed by atoms with Gasteiger partial charge in [-0.25, -0.2) is 4.79 Å². The van der Waals surface area contributed by atoms with Crippen LogP contribution in [0.5, 0.6) is 5.75 Å². The van der Waals surface area contributed by atoms with Gasteiger partial charge < -0.3 is 4.74 Å². The van der Waals surface area contributed by atoms with E-state index in [1.54, 1.807) is 42.5 Å². The summed E-state index contributed by atoms with van der Waals surface area (Å²) < 4.78 is 5.58. The summed E-state index contributed by atoms with van der Waals surface area (Å²) in [5.41, 5.74) is 3.97. The van der Waals surface area contributed by atoms with Crippen LogP contribution in [0.15, 0.2) is 77.7 Å². The van der Waals surface area contributed by atoms with Crippen molar-refractivity contribution in [1.29, 1.82) is 0 Å². The molecule has 2 amide bonds. The predicted octanol–water partition coefficient (Wildman–Crippen LogP) is 5.76. The highest BCUT2D eigenvalue weighted by molar-refractivity contribution is 8.18. The molecule has 3 aromatic carbocycles. The van der Waals surface area contributed by atoms with Gasteiger partial charge in [-0.05, 0) is 61.0 Å². The standard InChI is InChI=1S/C26H21NO4S/c1-17-11-13-19(14-12-17)25(29)31-22-10-6-5-8-20(22)15-23-24(28)27(26(30)32-23)16-21-9-4-3-7-18(21)2/h3-15H,16H2,1-2H3/b23-15-. The van der Waals surface area contributed by atoms with Crippen LogP contribution in [-0.2, 0) is 11.3 Å². The van der Waals surface area contributed by atoms with Crippen LogP contribution in [-0.4, -0.2) is 22.0 Å². The van der Waals surface area contributed by atoms with Crippen molar-refractivity contribution in [2.75, 3.05) is 0 Å². The number of carbonyl (C=O) groups is 3. The Labute approximate surface area is 190 Å². The number of para-hydroxylation sites is 1. The molecule has 160 valence electrons. The highest BCUT2D eigenvalue weighted by atomic mass is 32.2. The lowest BCUT2D eigenvalue weighted by molar-refractivity contribution is -0.123. The highest BCUT2D eigenvalue weighted by Crippen LogP contribution is 2.35. The minimum Gasteiger partial charge on any atom is -0.422 e. The minimum absolute atomic E-state index is 0.221. The quantitative estimate of drug-likeness (QED) is 0.285. The molecule has 0 N–H and O–H groups in total. The fraction of sp³-hybridized carbons (Fsp3) is 0.115. The van der Waals surface area contributed by atoms with E-state index in [0.717, 1.165) is 28.5 Å². The Kier molecular flexibility index (Phi) is 6.23. The molecule has 6 heteroatoms. The molecule has 1 heterocycles. The number of rotatable bonds is 5. The second-order valence-electron chi connectivity index (χ2n) is 7.49. The summed E-state index contributed by atoms with van der Waals surface area (Å²) in [4.78, 5) is 39.5. The van der Waals surface area contributed by atoms with Crippen LogP contribution in [0.25, 0.3) is 6.08 Å². The zero-order valence-corrected chi connectivity index (χ0v) is 18.5. The summed E-state index contributed by atoms with van der Waals surface area (Å²) in [5.74, 6) is -0.523. The lowest BCUT2D eigenvalue weighted by Crippen LogP contribution is -2.27. The van der Waals surface area contributed by atoms with Crippen molar-refractivity contribution in [3.05, 3.63) is 106 Å². The molecule has 0 bridgehead atoms. The Hall–Kier alpha value is -3.64. The maximum atomic E-state index is 12.9. The van der Waals surface area contributed by atoms with E-state index in [0.29, 0.717) is 21.8 Å². The number of carbonyl (C=O) groups excluding carboxylic acids is 3. The van der Waals surface area contributed by atoms with Crippen LogP contribution in [0.3, 0.4) is 0 Å². The first-order valence-electron chi connectivity index (χ1n) is 10.1. The zero-order chi connectivity index (χ0) is 22.7. The van der Waals surface area contributed by atoms with Crippen molar-refractivity contribution in [3.63, 3.8) is 0 Å². The molecule has 1 aliphatic rings. The average molecular weight is 444 g/mol. The number of aryl methyl sites for hydroxylation is 2. The number of hydrogen-bond acceptors (Lipinski definition) is 5. The third-order valence-corrected chi connectivity index (χ3v) is 6.07. The van der Waals surface area contributed by atoms with Crippen molar-refractivity contribution in [2.45, 2.75) is 20.4 Å². The summed E-state index contributed by atoms with van der Waals surface area (Å²) >= 11 is 0.885. The van der Waals surface area contributed by atoms with Crippen molar-refractivity contribution in [2.24, 2.45) is 0 Å². The molecule has 0 spiro atoms. The molecule has 3 aromatic rings. The molecule has 0 unspecified atom stereocenters. The maximum absolute atomic E-state index is 12.9. The molecular formula is C26H21NO4S. The lowest BCUT2D eigenvalue weighted by Gasteiger charge is -2.14. The fourth-order valence-corrected chi connectivity index (χ4v) is 4.11. The van der Waals surface area contributed by atoms with E-state index in [4.69, 9.17) is 4.74 Å². The Bertz CT molecular complexity index is 1230. The molecule has 0 saturated carbocycles. The highest BCUT2D eigenvalue weighted by Gasteiger charge is 2.35. The Morgan fingerprint density at radius 3 is 2.38 bits per heavy atom. The summed E-state index contributed by atoms with van der Waals surface area (Å²) in [6.07, 6.45) is 1.60. The van der Waals surface area contributed by atoms with E-state index in [-0.39, 0.29) is 17.7 Å². The van der Waals surface area contributed by atoms with E-state index in [1.165, 1.54) is 4.90 Å². The normalized spacial score (nSPS) is 14.8. The monoisotopic (exact) mass is 443 g/mol. The summed E-state index contributed by atoms with van der Waals surface area (Å²) in [6, 6.07) is 21.7. The molecule has 0 aromatic heterocycles. The maximum Gasteiger partial charge on any atom is 0.343 e. The van der Waals surface area contributed by atoms with Crippen molar-refractivity contribution in [1.82, 2.24) is 4.90 Å². The van der Waals surface area contributed by atoms with Gasteiger partial charge in [0.2, 0.25) is 0 Å². The molecule has 1 aliphatic heterocycles. The smallest absolute Gasteiger partial charge is 0.343 e. The number of benzene rings is 3. The largest absolute Gasteiger partial charge is 0.422 e. The van der Waals surface area contributed by atoms with Crippen molar-refractivity contribution < 1.29 is 19.1 Å². The number of imide groups is 1. The molecule has 0 aliphatic carbocycles. The van der Waals surface area contributed by atoms with Crippen LogP contribution < -0.4 is 4.74 Å². The van der Waals surface area contributed by atoms with E-state index >= 15 is 0 Å². The van der Waals surface area contributed by atoms with Crippen LogP contribution in [0.1, 0.15) is 32.6 Å². The average Bonchev–Trinajstić information content (AvgIpc) is 3.04. The van der Waals surface area contributed by atoms with Crippen LogP contribution in [0, 0.1) is 13.8 Å². The number of esters is 1. The van der Waals surface area contributed by atoms with Gasteiger partial charge in [-0.2, -0.15) is 0 Å². The lowest BCUT2D eigenvalue weighted by atomic mass is 10.1. The fourth-order valence-electron chi connectivity index (χ4n) is 3.28. The zero-order valence-electron chi connectivity index (χ0n) is 17.7. The topological polar surface area (TPSA) is 63.7 Å². The van der Waals surface area contributed by atoms with Gasteiger partial charge in [0.05, 0.1) is 17.0 Å². The van der Waals surface area contributed by atoms with E-state index in [1.807, 2.05) is 50.2 Å². The Balaban J connectivity index is 1.56. The van der Waals surface area contributed by atoms with Gasteiger partial charge in [0, 0.05) is 5.56 Å². The molecule has 32 heavy (non-hydrogen) atoms. The van der Waals surface area contributed by atoms with Gasteiger partial charge in [-0.3, -0.25) is 14.5 Å². The first kappa shape index (κ1) is 21.6. The number of ether oxygens (including phenoxy) is 1. The molecule has 1 fully saturated rings. The van der Waals surface area contributed by atoms with Gasteiger partial charge in [0.1, 0.15) is 5.75 Å².